The van der Waals surface area contributed by atoms with Crippen LogP contribution in [0.25, 0.3) is 0 Å². The third kappa shape index (κ3) is 3.82. The Balaban J connectivity index is 2.16. The van der Waals surface area contributed by atoms with Gasteiger partial charge in [0.05, 0.1) is 11.4 Å². The van der Waals surface area contributed by atoms with E-state index in [1.165, 1.54) is 6.07 Å². The van der Waals surface area contributed by atoms with E-state index in [1.807, 2.05) is 4.90 Å². The number of amides is 1. The summed E-state index contributed by atoms with van der Waals surface area (Å²) in [7, 11) is 0. The molecule has 1 saturated heterocycles. The van der Waals surface area contributed by atoms with E-state index < -0.39 is 0 Å². The molecule has 0 aromatic heterocycles. The maximum Gasteiger partial charge on any atom is 0.219 e. The van der Waals surface area contributed by atoms with Crippen molar-refractivity contribution in [2.75, 3.05) is 36.4 Å². The summed E-state index contributed by atoms with van der Waals surface area (Å²) >= 11 is 8.13. The molecule has 3 N–H and O–H groups in total. The number of nitrogens with zero attached hydrogens (tertiary/aromatic N) is 2. The Hall–Kier alpha value is -1.41. The molecule has 0 unspecified atom stereocenters. The third-order valence-corrected chi connectivity index (χ3v) is 4.12. The predicted molar refractivity (Wildman–Crippen MR) is 89.0 cm³/mol. The molecule has 0 radical (unpaired) electrons. The lowest BCUT2D eigenvalue weighted by Crippen LogP contribution is -2.48. The van der Waals surface area contributed by atoms with E-state index in [0.29, 0.717) is 42.0 Å². The van der Waals surface area contributed by atoms with Crippen molar-refractivity contribution in [3.63, 3.8) is 0 Å². The number of halogens is 2. The fourth-order valence-corrected chi connectivity index (χ4v) is 2.81. The van der Waals surface area contributed by atoms with Gasteiger partial charge in [0.2, 0.25) is 5.91 Å². The Bertz CT molecular complexity index is 576. The quantitative estimate of drug-likeness (QED) is 0.774. The highest BCUT2D eigenvalue weighted by Crippen LogP contribution is 2.31. The average molecular weight is 375 g/mol. The molecule has 0 atom stereocenters. The summed E-state index contributed by atoms with van der Waals surface area (Å²) in [6.45, 7) is 3.94. The molecule has 1 aromatic rings. The summed E-state index contributed by atoms with van der Waals surface area (Å²) in [5.74, 6) is -0.305. The highest BCUT2D eigenvalue weighted by atomic mass is 79.9. The molecule has 1 aliphatic heterocycles. The molecule has 0 bridgehead atoms. The minimum Gasteiger partial charge on any atom is -0.376 e. The second-order valence-corrected chi connectivity index (χ2v) is 6.06. The van der Waals surface area contributed by atoms with E-state index in [-0.39, 0.29) is 16.8 Å². The van der Waals surface area contributed by atoms with Gasteiger partial charge in [0.25, 0.3) is 0 Å². The summed E-state index contributed by atoms with van der Waals surface area (Å²) in [5.41, 5.74) is 6.39. The summed E-state index contributed by atoms with van der Waals surface area (Å²) in [6.07, 6.45) is 0. The molecule has 1 aromatic carbocycles. The summed E-state index contributed by atoms with van der Waals surface area (Å²) in [6, 6.07) is 3.05. The Kier molecular flexibility index (Phi) is 5.00. The van der Waals surface area contributed by atoms with Gasteiger partial charge >= 0.3 is 0 Å². The highest BCUT2D eigenvalue weighted by Gasteiger charge is 2.21. The Morgan fingerprint density at radius 3 is 2.52 bits per heavy atom. The molecule has 1 aliphatic rings. The zero-order chi connectivity index (χ0) is 15.6. The van der Waals surface area contributed by atoms with Gasteiger partial charge in [0.1, 0.15) is 5.82 Å². The van der Waals surface area contributed by atoms with Crippen LogP contribution in [0.15, 0.2) is 16.6 Å². The molecule has 1 heterocycles. The monoisotopic (exact) mass is 374 g/mol. The molecule has 0 spiro atoms. The van der Waals surface area contributed by atoms with Crippen molar-refractivity contribution >= 4 is 50.5 Å². The summed E-state index contributed by atoms with van der Waals surface area (Å²) in [5, 5.41) is 2.80. The first-order valence-corrected chi connectivity index (χ1v) is 7.64. The van der Waals surface area contributed by atoms with Crippen LogP contribution < -0.4 is 16.0 Å². The van der Waals surface area contributed by atoms with Gasteiger partial charge in [-0.05, 0) is 34.2 Å². The van der Waals surface area contributed by atoms with Crippen LogP contribution in [0.3, 0.4) is 0 Å². The van der Waals surface area contributed by atoms with Gasteiger partial charge in [-0.2, -0.15) is 0 Å². The van der Waals surface area contributed by atoms with E-state index in [2.05, 4.69) is 21.2 Å². The third-order valence-electron chi connectivity index (χ3n) is 3.36. The smallest absolute Gasteiger partial charge is 0.219 e. The van der Waals surface area contributed by atoms with E-state index >= 15 is 0 Å². The lowest BCUT2D eigenvalue weighted by molar-refractivity contribution is -0.129. The van der Waals surface area contributed by atoms with Gasteiger partial charge in [-0.25, -0.2) is 4.39 Å². The highest BCUT2D eigenvalue weighted by molar-refractivity contribution is 9.10. The van der Waals surface area contributed by atoms with Gasteiger partial charge in [0.15, 0.2) is 5.11 Å². The Morgan fingerprint density at radius 1 is 1.38 bits per heavy atom. The molecule has 21 heavy (non-hydrogen) atoms. The molecule has 0 saturated carbocycles. The molecule has 5 nitrogen and oxygen atoms in total. The summed E-state index contributed by atoms with van der Waals surface area (Å²) < 4.78 is 14.9. The predicted octanol–water partition coefficient (Wildman–Crippen LogP) is 1.91. The average Bonchev–Trinajstić information content (AvgIpc) is 2.42. The molecule has 8 heteroatoms. The van der Waals surface area contributed by atoms with Crippen LogP contribution in [-0.2, 0) is 4.79 Å². The van der Waals surface area contributed by atoms with Crippen molar-refractivity contribution in [1.82, 2.24) is 4.90 Å². The minimum atomic E-state index is -0.353. The maximum absolute atomic E-state index is 14.3. The Morgan fingerprint density at radius 2 is 2.00 bits per heavy atom. The van der Waals surface area contributed by atoms with Gasteiger partial charge < -0.3 is 20.9 Å². The van der Waals surface area contributed by atoms with E-state index in [1.54, 1.807) is 17.9 Å². The number of carbonyl (C=O) groups excluding carboxylic acids is 1. The molecule has 2 rings (SSSR count). The molecular formula is C13H16BrFN4OS. The van der Waals surface area contributed by atoms with Crippen LogP contribution in [-0.4, -0.2) is 42.1 Å². The Labute approximate surface area is 136 Å². The first-order chi connectivity index (χ1) is 9.88. The van der Waals surface area contributed by atoms with Crippen molar-refractivity contribution in [3.05, 3.63) is 22.4 Å². The van der Waals surface area contributed by atoms with Crippen LogP contribution in [0.4, 0.5) is 15.8 Å². The van der Waals surface area contributed by atoms with Crippen LogP contribution in [0.2, 0.25) is 0 Å². The van der Waals surface area contributed by atoms with Gasteiger partial charge in [-0.1, -0.05) is 0 Å². The minimum absolute atomic E-state index is 0.0484. The van der Waals surface area contributed by atoms with Crippen molar-refractivity contribution in [2.45, 2.75) is 6.92 Å². The molecule has 1 fully saturated rings. The van der Waals surface area contributed by atoms with Crippen molar-refractivity contribution < 1.29 is 9.18 Å². The topological polar surface area (TPSA) is 61.6 Å². The van der Waals surface area contributed by atoms with Crippen LogP contribution in [0, 0.1) is 5.82 Å². The van der Waals surface area contributed by atoms with Gasteiger partial charge in [0, 0.05) is 43.6 Å². The van der Waals surface area contributed by atoms with E-state index in [0.717, 1.165) is 0 Å². The van der Waals surface area contributed by atoms with E-state index in [4.69, 9.17) is 18.0 Å². The number of hydrogen-bond donors (Lipinski definition) is 2. The second kappa shape index (κ2) is 6.57. The molecule has 1 amide bonds. The van der Waals surface area contributed by atoms with Gasteiger partial charge in [-0.15, -0.1) is 0 Å². The SMILES string of the molecule is CC(=O)N1CCN(c2cc(Br)c(NC(N)=S)cc2F)CC1. The number of benzene rings is 1. The number of piperazine rings is 1. The zero-order valence-electron chi connectivity index (χ0n) is 11.5. The lowest BCUT2D eigenvalue weighted by atomic mass is 10.2. The van der Waals surface area contributed by atoms with Crippen molar-refractivity contribution in [2.24, 2.45) is 5.73 Å². The molecule has 114 valence electrons. The number of rotatable bonds is 2. The molecular weight excluding hydrogens is 359 g/mol. The van der Waals surface area contributed by atoms with Gasteiger partial charge in [-0.3, -0.25) is 4.79 Å². The first-order valence-electron chi connectivity index (χ1n) is 6.44. The largest absolute Gasteiger partial charge is 0.376 e. The fraction of sp³-hybridized carbons (Fsp3) is 0.385. The number of carbonyl (C=O) groups is 1. The number of thiocarbonyl (C=S) groups is 1. The number of nitrogens with two attached hydrogens (primary N) is 1. The normalized spacial score (nSPS) is 15.0. The number of anilines is 2. The lowest BCUT2D eigenvalue weighted by Gasteiger charge is -2.36. The first kappa shape index (κ1) is 16.0. The summed E-state index contributed by atoms with van der Waals surface area (Å²) in [4.78, 5) is 15.0. The number of hydrogen-bond acceptors (Lipinski definition) is 3. The fourth-order valence-electron chi connectivity index (χ4n) is 2.27. The van der Waals surface area contributed by atoms with E-state index in [9.17, 15) is 9.18 Å². The van der Waals surface area contributed by atoms with Crippen LogP contribution in [0.5, 0.6) is 0 Å². The van der Waals surface area contributed by atoms with Crippen LogP contribution >= 0.6 is 28.1 Å². The van der Waals surface area contributed by atoms with Crippen molar-refractivity contribution in [3.8, 4) is 0 Å². The van der Waals surface area contributed by atoms with Crippen molar-refractivity contribution in [1.29, 1.82) is 0 Å². The number of nitrogens with one attached hydrogen (secondary N) is 1. The zero-order valence-corrected chi connectivity index (χ0v) is 13.9. The standard InChI is InChI=1S/C13H16BrFN4OS/c1-8(20)18-2-4-19(5-3-18)12-6-9(14)11(7-10(12)15)17-13(16)21/h6-7H,2-5H2,1H3,(H3,16,17,21). The van der Waals surface area contributed by atoms with Crippen LogP contribution in [0.1, 0.15) is 6.92 Å². The molecule has 0 aliphatic carbocycles. The second-order valence-electron chi connectivity index (χ2n) is 4.77. The maximum atomic E-state index is 14.3.